The molecule has 2 rings (SSSR count). The molecule has 1 N–H and O–H groups in total. The van der Waals surface area contributed by atoms with Crippen LogP contribution in [0.4, 0.5) is 0 Å². The summed E-state index contributed by atoms with van der Waals surface area (Å²) < 4.78 is 7.45. The molecule has 3 atom stereocenters. The third kappa shape index (κ3) is 4.03. The Hall–Kier alpha value is -0.910. The maximum atomic E-state index is 9.93. The Kier molecular flexibility index (Phi) is 5.36. The number of aromatic nitrogens is 2. The summed E-state index contributed by atoms with van der Waals surface area (Å²) in [6, 6.07) is 0.454. The zero-order valence-electron chi connectivity index (χ0n) is 11.9. The Bertz CT molecular complexity index is 356. The Balaban J connectivity index is 1.87. The summed E-state index contributed by atoms with van der Waals surface area (Å²) in [5.41, 5.74) is 0. The van der Waals surface area contributed by atoms with E-state index in [0.717, 1.165) is 19.5 Å². The molecule has 0 bridgehead atoms. The van der Waals surface area contributed by atoms with Crippen LogP contribution >= 0.6 is 0 Å². The summed E-state index contributed by atoms with van der Waals surface area (Å²) in [7, 11) is 0. The predicted octanol–water partition coefficient (Wildman–Crippen LogP) is 1.16. The smallest absolute Gasteiger partial charge is 0.0949 e. The average Bonchev–Trinajstić information content (AvgIpc) is 2.92. The highest BCUT2D eigenvalue weighted by molar-refractivity contribution is 4.88. The molecule has 0 saturated carbocycles. The molecule has 2 heterocycles. The first-order valence-electron chi connectivity index (χ1n) is 7.16. The highest BCUT2D eigenvalue weighted by atomic mass is 16.5. The first kappa shape index (κ1) is 14.5. The van der Waals surface area contributed by atoms with Crippen LogP contribution in [-0.4, -0.2) is 58.5 Å². The van der Waals surface area contributed by atoms with Crippen molar-refractivity contribution in [3.05, 3.63) is 18.7 Å². The van der Waals surface area contributed by atoms with Gasteiger partial charge in [-0.05, 0) is 25.8 Å². The lowest BCUT2D eigenvalue weighted by Crippen LogP contribution is -2.44. The molecule has 1 saturated heterocycles. The lowest BCUT2D eigenvalue weighted by molar-refractivity contribution is 0.00858. The van der Waals surface area contributed by atoms with Crippen molar-refractivity contribution in [3.8, 4) is 0 Å². The summed E-state index contributed by atoms with van der Waals surface area (Å²) in [6.45, 7) is 8.04. The number of hydrogen-bond acceptors (Lipinski definition) is 4. The van der Waals surface area contributed by atoms with Gasteiger partial charge in [0, 0.05) is 38.1 Å². The quantitative estimate of drug-likeness (QED) is 0.840. The first-order valence-corrected chi connectivity index (χ1v) is 7.16. The van der Waals surface area contributed by atoms with Crippen LogP contribution in [0.5, 0.6) is 0 Å². The fourth-order valence-electron chi connectivity index (χ4n) is 2.74. The van der Waals surface area contributed by atoms with E-state index in [4.69, 9.17) is 4.74 Å². The van der Waals surface area contributed by atoms with Gasteiger partial charge in [0.2, 0.25) is 0 Å². The van der Waals surface area contributed by atoms with Gasteiger partial charge in [-0.2, -0.15) is 0 Å². The lowest BCUT2D eigenvalue weighted by Gasteiger charge is -2.38. The maximum absolute atomic E-state index is 9.93. The van der Waals surface area contributed by atoms with E-state index >= 15 is 0 Å². The Morgan fingerprint density at radius 3 is 3.05 bits per heavy atom. The molecule has 5 nitrogen and oxygen atoms in total. The molecule has 5 heteroatoms. The van der Waals surface area contributed by atoms with Crippen LogP contribution in [0.2, 0.25) is 0 Å². The zero-order chi connectivity index (χ0) is 13.7. The maximum Gasteiger partial charge on any atom is 0.0949 e. The second-order valence-corrected chi connectivity index (χ2v) is 5.42. The molecule has 1 aliphatic heterocycles. The number of hydrogen-bond donors (Lipinski definition) is 1. The second kappa shape index (κ2) is 7.03. The van der Waals surface area contributed by atoms with Crippen LogP contribution in [-0.2, 0) is 4.74 Å². The van der Waals surface area contributed by atoms with Crippen molar-refractivity contribution in [1.29, 1.82) is 0 Å². The van der Waals surface area contributed by atoms with Crippen molar-refractivity contribution in [1.82, 2.24) is 14.5 Å². The normalized spacial score (nSPS) is 26.5. The first-order chi connectivity index (χ1) is 9.20. The molecule has 1 aromatic rings. The minimum Gasteiger partial charge on any atom is -0.389 e. The van der Waals surface area contributed by atoms with Crippen molar-refractivity contribution in [2.24, 2.45) is 5.92 Å². The topological polar surface area (TPSA) is 50.5 Å². The minimum absolute atomic E-state index is 0.392. The lowest BCUT2D eigenvalue weighted by atomic mass is 9.93. The Labute approximate surface area is 115 Å². The molecule has 0 aliphatic carbocycles. The van der Waals surface area contributed by atoms with E-state index in [9.17, 15) is 5.11 Å². The molecular weight excluding hydrogens is 242 g/mol. The van der Waals surface area contributed by atoms with E-state index in [0.29, 0.717) is 31.7 Å². The number of likely N-dealkylation sites (tertiary alicyclic amines) is 1. The Morgan fingerprint density at radius 1 is 1.53 bits per heavy atom. The van der Waals surface area contributed by atoms with Crippen LogP contribution in [0.25, 0.3) is 0 Å². The predicted molar refractivity (Wildman–Crippen MR) is 74.0 cm³/mol. The Morgan fingerprint density at radius 2 is 2.37 bits per heavy atom. The van der Waals surface area contributed by atoms with Gasteiger partial charge in [0.1, 0.15) is 0 Å². The molecule has 1 aliphatic rings. The van der Waals surface area contributed by atoms with Gasteiger partial charge < -0.3 is 14.4 Å². The van der Waals surface area contributed by atoms with Crippen LogP contribution in [0.1, 0.15) is 26.3 Å². The zero-order valence-corrected chi connectivity index (χ0v) is 11.9. The van der Waals surface area contributed by atoms with Gasteiger partial charge >= 0.3 is 0 Å². The van der Waals surface area contributed by atoms with Crippen molar-refractivity contribution in [2.45, 2.75) is 32.4 Å². The molecule has 0 amide bonds. The monoisotopic (exact) mass is 267 g/mol. The van der Waals surface area contributed by atoms with E-state index in [1.54, 1.807) is 0 Å². The van der Waals surface area contributed by atoms with Gasteiger partial charge in [-0.25, -0.2) is 4.98 Å². The van der Waals surface area contributed by atoms with Gasteiger partial charge in [-0.3, -0.25) is 4.90 Å². The third-order valence-electron chi connectivity index (χ3n) is 3.89. The largest absolute Gasteiger partial charge is 0.389 e. The van der Waals surface area contributed by atoms with E-state index in [1.165, 1.54) is 0 Å². The summed E-state index contributed by atoms with van der Waals surface area (Å²) in [5, 5.41) is 9.93. The molecule has 19 heavy (non-hydrogen) atoms. The van der Waals surface area contributed by atoms with Gasteiger partial charge in [-0.15, -0.1) is 0 Å². The van der Waals surface area contributed by atoms with E-state index in [2.05, 4.69) is 21.4 Å². The average molecular weight is 267 g/mol. The third-order valence-corrected chi connectivity index (χ3v) is 3.89. The van der Waals surface area contributed by atoms with E-state index < -0.39 is 6.10 Å². The number of imidazole rings is 1. The standard InChI is InChI=1S/C14H25N3O2/c1-3-19-10-13(18)8-16-6-4-12(2)14(9-16)17-7-5-15-11-17/h5,7,11-14,18H,3-4,6,8-10H2,1-2H3/t12-,13+,14+/m0/s1. The minimum atomic E-state index is -0.392. The second-order valence-electron chi connectivity index (χ2n) is 5.42. The van der Waals surface area contributed by atoms with Crippen molar-refractivity contribution in [2.75, 3.05) is 32.8 Å². The SMILES string of the molecule is CCOC[C@H](O)CN1CC[C@H](C)[C@H](n2ccnc2)C1. The van der Waals surface area contributed by atoms with Crippen molar-refractivity contribution in [3.63, 3.8) is 0 Å². The van der Waals surface area contributed by atoms with Crippen molar-refractivity contribution < 1.29 is 9.84 Å². The van der Waals surface area contributed by atoms with Gasteiger partial charge in [0.05, 0.1) is 19.0 Å². The highest BCUT2D eigenvalue weighted by Crippen LogP contribution is 2.27. The van der Waals surface area contributed by atoms with Crippen LogP contribution < -0.4 is 0 Å². The highest BCUT2D eigenvalue weighted by Gasteiger charge is 2.28. The number of piperidine rings is 1. The molecule has 0 spiro atoms. The summed E-state index contributed by atoms with van der Waals surface area (Å²) in [5.74, 6) is 0.648. The van der Waals surface area contributed by atoms with Crippen LogP contribution in [0, 0.1) is 5.92 Å². The summed E-state index contributed by atoms with van der Waals surface area (Å²) in [6.07, 6.45) is 6.51. The number of aliphatic hydroxyl groups excluding tert-OH is 1. The molecule has 0 radical (unpaired) electrons. The molecule has 0 aromatic carbocycles. The van der Waals surface area contributed by atoms with E-state index in [-0.39, 0.29) is 0 Å². The van der Waals surface area contributed by atoms with Gasteiger partial charge in [0.15, 0.2) is 0 Å². The van der Waals surface area contributed by atoms with Gasteiger partial charge in [-0.1, -0.05) is 6.92 Å². The molecule has 1 fully saturated rings. The molecule has 108 valence electrons. The van der Waals surface area contributed by atoms with Crippen LogP contribution in [0.3, 0.4) is 0 Å². The number of nitrogens with zero attached hydrogens (tertiary/aromatic N) is 3. The number of β-amino-alcohol motifs (C(OH)–C–C–N with tert-alkyl or cyclic N) is 1. The molecule has 0 unspecified atom stereocenters. The van der Waals surface area contributed by atoms with Crippen molar-refractivity contribution >= 4 is 0 Å². The molecule has 1 aromatic heterocycles. The summed E-state index contributed by atoms with van der Waals surface area (Å²) in [4.78, 5) is 6.46. The molecular formula is C14H25N3O2. The fraction of sp³-hybridized carbons (Fsp3) is 0.786. The van der Waals surface area contributed by atoms with Crippen LogP contribution in [0.15, 0.2) is 18.7 Å². The number of aliphatic hydroxyl groups is 1. The number of rotatable bonds is 6. The number of ether oxygens (including phenoxy) is 1. The van der Waals surface area contributed by atoms with Gasteiger partial charge in [0.25, 0.3) is 0 Å². The summed E-state index contributed by atoms with van der Waals surface area (Å²) >= 11 is 0. The van der Waals surface area contributed by atoms with E-state index in [1.807, 2.05) is 25.6 Å². The fourth-order valence-corrected chi connectivity index (χ4v) is 2.74.